The first-order chi connectivity index (χ1) is 13.3. The average molecular weight is 413 g/mol. The maximum Gasteiger partial charge on any atom is 0.330 e. The third-order valence-corrected chi connectivity index (χ3v) is 4.46. The van der Waals surface area contributed by atoms with E-state index in [0.717, 1.165) is 23.5 Å². The number of aromatic amines is 1. The van der Waals surface area contributed by atoms with Crippen molar-refractivity contribution in [3.8, 4) is 0 Å². The minimum absolute atomic E-state index is 0.00993. The number of nitrogens with one attached hydrogen (secondary N) is 1. The summed E-state index contributed by atoms with van der Waals surface area (Å²) in [6.07, 6.45) is 1.46. The van der Waals surface area contributed by atoms with Gasteiger partial charge >= 0.3 is 5.69 Å². The van der Waals surface area contributed by atoms with E-state index in [1.165, 1.54) is 17.7 Å². The van der Waals surface area contributed by atoms with Gasteiger partial charge in [-0.1, -0.05) is 24.9 Å². The van der Waals surface area contributed by atoms with E-state index in [1.807, 2.05) is 6.92 Å². The third-order valence-electron chi connectivity index (χ3n) is 4.15. The van der Waals surface area contributed by atoms with Crippen LogP contribution >= 0.6 is 11.6 Å². The van der Waals surface area contributed by atoms with E-state index < -0.39 is 23.0 Å². The highest BCUT2D eigenvalue weighted by Crippen LogP contribution is 2.24. The van der Waals surface area contributed by atoms with Gasteiger partial charge in [0.2, 0.25) is 0 Å². The number of carbonyl (C=O) groups is 1. The SMILES string of the molecule is CCCCn1c(N)c(N(CCOC)C(=O)c2ccc(F)cc2Cl)c(=O)[nH]c1=O. The molecule has 0 saturated carbocycles. The predicted molar refractivity (Wildman–Crippen MR) is 106 cm³/mol. The normalized spacial score (nSPS) is 10.9. The lowest BCUT2D eigenvalue weighted by Crippen LogP contribution is -2.42. The van der Waals surface area contributed by atoms with E-state index in [-0.39, 0.29) is 41.8 Å². The maximum atomic E-state index is 13.3. The van der Waals surface area contributed by atoms with Crippen LogP contribution in [0.25, 0.3) is 0 Å². The zero-order valence-corrected chi connectivity index (χ0v) is 16.4. The van der Waals surface area contributed by atoms with Crippen LogP contribution in [-0.2, 0) is 11.3 Å². The number of halogens is 2. The van der Waals surface area contributed by atoms with E-state index >= 15 is 0 Å². The number of amides is 1. The summed E-state index contributed by atoms with van der Waals surface area (Å²) in [5, 5.41) is -0.110. The van der Waals surface area contributed by atoms with Crippen LogP contribution in [0, 0.1) is 5.82 Å². The van der Waals surface area contributed by atoms with Crippen molar-refractivity contribution in [2.24, 2.45) is 0 Å². The van der Waals surface area contributed by atoms with Gasteiger partial charge < -0.3 is 10.5 Å². The average Bonchev–Trinajstić information content (AvgIpc) is 2.63. The number of hydrogen-bond donors (Lipinski definition) is 2. The molecule has 10 heteroatoms. The topological polar surface area (TPSA) is 110 Å². The Balaban J connectivity index is 2.61. The van der Waals surface area contributed by atoms with Crippen LogP contribution in [0.4, 0.5) is 15.9 Å². The van der Waals surface area contributed by atoms with E-state index in [9.17, 15) is 18.8 Å². The molecule has 1 amide bonds. The van der Waals surface area contributed by atoms with Crippen molar-refractivity contribution in [3.63, 3.8) is 0 Å². The van der Waals surface area contributed by atoms with Crippen molar-refractivity contribution in [1.82, 2.24) is 9.55 Å². The minimum atomic E-state index is -0.807. The molecule has 152 valence electrons. The van der Waals surface area contributed by atoms with Crippen LogP contribution in [-0.4, -0.2) is 35.7 Å². The molecule has 0 radical (unpaired) electrons. The third kappa shape index (κ3) is 4.60. The lowest BCUT2D eigenvalue weighted by atomic mass is 10.1. The molecular formula is C18H22ClFN4O4. The number of nitrogen functional groups attached to an aromatic ring is 1. The quantitative estimate of drug-likeness (QED) is 0.689. The minimum Gasteiger partial charge on any atom is -0.383 e. The van der Waals surface area contributed by atoms with Crippen molar-refractivity contribution in [2.75, 3.05) is 30.9 Å². The fraction of sp³-hybridized carbons (Fsp3) is 0.389. The highest BCUT2D eigenvalue weighted by atomic mass is 35.5. The van der Waals surface area contributed by atoms with Gasteiger partial charge in [-0.05, 0) is 24.6 Å². The van der Waals surface area contributed by atoms with Gasteiger partial charge in [0.25, 0.3) is 11.5 Å². The van der Waals surface area contributed by atoms with Crippen molar-refractivity contribution in [2.45, 2.75) is 26.3 Å². The summed E-state index contributed by atoms with van der Waals surface area (Å²) in [6, 6.07) is 3.31. The fourth-order valence-corrected chi connectivity index (χ4v) is 2.93. The smallest absolute Gasteiger partial charge is 0.330 e. The Morgan fingerprint density at radius 3 is 2.71 bits per heavy atom. The Labute approximate surface area is 165 Å². The molecule has 0 aliphatic rings. The number of rotatable bonds is 8. The molecule has 28 heavy (non-hydrogen) atoms. The first-order valence-corrected chi connectivity index (χ1v) is 9.08. The van der Waals surface area contributed by atoms with E-state index in [0.29, 0.717) is 6.42 Å². The molecule has 0 atom stereocenters. The second kappa shape index (κ2) is 9.52. The number of anilines is 2. The zero-order valence-electron chi connectivity index (χ0n) is 15.6. The highest BCUT2D eigenvalue weighted by Gasteiger charge is 2.26. The predicted octanol–water partition coefficient (Wildman–Crippen LogP) is 2.00. The number of aromatic nitrogens is 2. The van der Waals surface area contributed by atoms with Gasteiger partial charge in [-0.2, -0.15) is 0 Å². The largest absolute Gasteiger partial charge is 0.383 e. The maximum absolute atomic E-state index is 13.3. The van der Waals surface area contributed by atoms with Crippen LogP contribution in [0.3, 0.4) is 0 Å². The molecule has 2 rings (SSSR count). The van der Waals surface area contributed by atoms with Crippen LogP contribution in [0.1, 0.15) is 30.1 Å². The number of carbonyl (C=O) groups excluding carboxylic acids is 1. The fourth-order valence-electron chi connectivity index (χ4n) is 2.68. The Bertz CT molecular complexity index is 973. The summed E-state index contributed by atoms with van der Waals surface area (Å²) in [6.45, 7) is 2.30. The first kappa shape index (κ1) is 21.6. The summed E-state index contributed by atoms with van der Waals surface area (Å²) in [4.78, 5) is 40.9. The van der Waals surface area contributed by atoms with Crippen molar-refractivity contribution in [1.29, 1.82) is 0 Å². The summed E-state index contributed by atoms with van der Waals surface area (Å²) in [5.41, 5.74) is 4.44. The standard InChI is InChI=1S/C18H22ClFN4O4/c1-3-4-7-24-15(21)14(16(25)22-18(24)27)23(8-9-28-2)17(26)12-6-5-11(20)10-13(12)19/h5-6,10H,3-4,7-9,21H2,1-2H3,(H,22,25,27). The van der Waals surface area contributed by atoms with Crippen LogP contribution in [0.15, 0.2) is 27.8 Å². The number of nitrogens with two attached hydrogens (primary N) is 1. The molecule has 0 bridgehead atoms. The summed E-state index contributed by atoms with van der Waals surface area (Å²) in [5.74, 6) is -1.40. The second-order valence-electron chi connectivity index (χ2n) is 6.07. The van der Waals surface area contributed by atoms with Gasteiger partial charge in [-0.15, -0.1) is 0 Å². The molecule has 8 nitrogen and oxygen atoms in total. The Hall–Kier alpha value is -2.65. The molecule has 1 heterocycles. The number of benzene rings is 1. The molecular weight excluding hydrogens is 391 g/mol. The molecule has 0 fully saturated rings. The van der Waals surface area contributed by atoms with Crippen molar-refractivity contribution < 1.29 is 13.9 Å². The van der Waals surface area contributed by atoms with Gasteiger partial charge in [0.1, 0.15) is 11.6 Å². The van der Waals surface area contributed by atoms with Gasteiger partial charge in [-0.3, -0.25) is 24.0 Å². The molecule has 0 saturated heterocycles. The van der Waals surface area contributed by atoms with E-state index in [2.05, 4.69) is 4.98 Å². The summed E-state index contributed by atoms with van der Waals surface area (Å²) in [7, 11) is 1.43. The van der Waals surface area contributed by atoms with Gasteiger partial charge in [0.05, 0.1) is 17.2 Å². The lowest BCUT2D eigenvalue weighted by Gasteiger charge is -2.24. The van der Waals surface area contributed by atoms with Crippen molar-refractivity contribution >= 4 is 29.0 Å². The summed E-state index contributed by atoms with van der Waals surface area (Å²) >= 11 is 6.00. The molecule has 0 aliphatic carbocycles. The second-order valence-corrected chi connectivity index (χ2v) is 6.48. The number of hydrogen-bond acceptors (Lipinski definition) is 5. The Morgan fingerprint density at radius 2 is 2.11 bits per heavy atom. The monoisotopic (exact) mass is 412 g/mol. The Kier molecular flexibility index (Phi) is 7.36. The molecule has 3 N–H and O–H groups in total. The number of unbranched alkanes of at least 4 members (excludes halogenated alkanes) is 1. The van der Waals surface area contributed by atoms with Gasteiger partial charge in [-0.25, -0.2) is 9.18 Å². The van der Waals surface area contributed by atoms with Gasteiger partial charge in [0, 0.05) is 20.2 Å². The Morgan fingerprint density at radius 1 is 1.39 bits per heavy atom. The number of H-pyrrole nitrogens is 1. The first-order valence-electron chi connectivity index (χ1n) is 8.70. The van der Waals surface area contributed by atoms with Gasteiger partial charge in [0.15, 0.2) is 5.69 Å². The summed E-state index contributed by atoms with van der Waals surface area (Å²) < 4.78 is 19.6. The van der Waals surface area contributed by atoms with Crippen LogP contribution in [0.5, 0.6) is 0 Å². The van der Waals surface area contributed by atoms with Crippen LogP contribution in [0.2, 0.25) is 5.02 Å². The molecule has 0 unspecified atom stereocenters. The van der Waals surface area contributed by atoms with E-state index in [1.54, 1.807) is 0 Å². The lowest BCUT2D eigenvalue weighted by molar-refractivity contribution is 0.0975. The number of ether oxygens (including phenoxy) is 1. The number of methoxy groups -OCH3 is 1. The van der Waals surface area contributed by atoms with E-state index in [4.69, 9.17) is 22.1 Å². The molecule has 0 spiro atoms. The molecule has 1 aromatic heterocycles. The molecule has 2 aromatic rings. The van der Waals surface area contributed by atoms with Crippen molar-refractivity contribution in [3.05, 3.63) is 55.4 Å². The molecule has 1 aromatic carbocycles. The highest BCUT2D eigenvalue weighted by molar-refractivity contribution is 6.34. The number of nitrogens with zero attached hydrogens (tertiary/aromatic N) is 2. The van der Waals surface area contributed by atoms with Crippen LogP contribution < -0.4 is 21.9 Å². The zero-order chi connectivity index (χ0) is 20.8. The molecule has 0 aliphatic heterocycles.